The van der Waals surface area contributed by atoms with Crippen molar-refractivity contribution >= 4 is 17.7 Å². The van der Waals surface area contributed by atoms with Gasteiger partial charge in [-0.1, -0.05) is 17.8 Å². The fourth-order valence-corrected chi connectivity index (χ4v) is 1.62. The number of carbonyl (C=O) groups is 1. The highest BCUT2D eigenvalue weighted by molar-refractivity contribution is 7.98. The van der Waals surface area contributed by atoms with Gasteiger partial charge >= 0.3 is 11.5 Å². The second-order valence-electron chi connectivity index (χ2n) is 2.94. The fourth-order valence-electron chi connectivity index (χ4n) is 1.12. The summed E-state index contributed by atoms with van der Waals surface area (Å²) in [4.78, 5) is 26.8. The van der Waals surface area contributed by atoms with Gasteiger partial charge in [0.25, 0.3) is 0 Å². The van der Waals surface area contributed by atoms with Crippen LogP contribution in [0.3, 0.4) is 0 Å². The van der Waals surface area contributed by atoms with Crippen LogP contribution in [-0.2, 0) is 11.3 Å². The van der Waals surface area contributed by atoms with Crippen LogP contribution in [-0.4, -0.2) is 33.6 Å². The second kappa shape index (κ2) is 6.19. The van der Waals surface area contributed by atoms with E-state index in [1.807, 2.05) is 0 Å². The largest absolute Gasteiger partial charge is 0.461 e. The Bertz CT molecular complexity index is 484. The molecule has 0 saturated heterocycles. The molecule has 1 heterocycles. The zero-order valence-corrected chi connectivity index (χ0v) is 10.5. The van der Waals surface area contributed by atoms with E-state index in [1.165, 1.54) is 16.4 Å². The predicted molar refractivity (Wildman–Crippen MR) is 64.2 cm³/mol. The number of carbonyl (C=O) groups excluding carboxylic acids is 1. The van der Waals surface area contributed by atoms with Gasteiger partial charge < -0.3 is 4.74 Å². The molecule has 0 atom stereocenters. The molecule has 0 saturated carbocycles. The van der Waals surface area contributed by atoms with Crippen LogP contribution in [0.4, 0.5) is 0 Å². The van der Waals surface area contributed by atoms with Crippen LogP contribution in [0.25, 0.3) is 0 Å². The molecule has 17 heavy (non-hydrogen) atoms. The zero-order valence-electron chi connectivity index (χ0n) is 9.67. The number of hydrogen-bond acceptors (Lipinski definition) is 6. The smallest absolute Gasteiger partial charge is 0.364 e. The van der Waals surface area contributed by atoms with E-state index in [4.69, 9.17) is 4.74 Å². The first kappa shape index (κ1) is 13.4. The van der Waals surface area contributed by atoms with E-state index in [9.17, 15) is 9.59 Å². The molecule has 0 aromatic carbocycles. The lowest BCUT2D eigenvalue weighted by atomic mass is 10.4. The maximum Gasteiger partial charge on any atom is 0.364 e. The number of esters is 1. The molecule has 0 unspecified atom stereocenters. The zero-order chi connectivity index (χ0) is 12.8. The van der Waals surface area contributed by atoms with Gasteiger partial charge in [-0.25, -0.2) is 9.48 Å². The summed E-state index contributed by atoms with van der Waals surface area (Å²) in [6.45, 7) is 5.79. The third-order valence-corrected chi connectivity index (χ3v) is 2.46. The maximum absolute atomic E-state index is 11.5. The third kappa shape index (κ3) is 3.16. The van der Waals surface area contributed by atoms with Crippen molar-refractivity contribution in [3.8, 4) is 0 Å². The summed E-state index contributed by atoms with van der Waals surface area (Å²) in [6, 6.07) is 0. The number of rotatable bonds is 5. The van der Waals surface area contributed by atoms with Crippen molar-refractivity contribution in [2.45, 2.75) is 18.6 Å². The minimum Gasteiger partial charge on any atom is -0.461 e. The quantitative estimate of drug-likeness (QED) is 0.438. The normalized spacial score (nSPS) is 10.0. The number of ether oxygens (including phenoxy) is 1. The molecule has 0 aliphatic heterocycles. The molecule has 0 radical (unpaired) electrons. The van der Waals surface area contributed by atoms with Crippen LogP contribution in [0.15, 0.2) is 22.6 Å². The first-order chi connectivity index (χ1) is 8.13. The summed E-state index contributed by atoms with van der Waals surface area (Å²) in [6.07, 6.45) is 3.38. The molecule has 6 nitrogen and oxygen atoms in total. The molecular formula is C10H13N3O3S. The van der Waals surface area contributed by atoms with Crippen LogP contribution in [0.1, 0.15) is 17.4 Å². The summed E-state index contributed by atoms with van der Waals surface area (Å²) in [5.41, 5.74) is -0.973. The van der Waals surface area contributed by atoms with E-state index in [0.717, 1.165) is 0 Å². The number of aromatic nitrogens is 3. The maximum atomic E-state index is 11.5. The molecule has 0 aliphatic carbocycles. The van der Waals surface area contributed by atoms with E-state index in [2.05, 4.69) is 16.7 Å². The lowest BCUT2D eigenvalue weighted by molar-refractivity contribution is 0.0513. The van der Waals surface area contributed by atoms with Crippen LogP contribution >= 0.6 is 11.8 Å². The Kier molecular flexibility index (Phi) is 4.89. The highest BCUT2D eigenvalue weighted by atomic mass is 32.2. The summed E-state index contributed by atoms with van der Waals surface area (Å²) in [5.74, 6) is -0.754. The molecule has 7 heteroatoms. The van der Waals surface area contributed by atoms with Gasteiger partial charge in [0.05, 0.1) is 13.2 Å². The Morgan fingerprint density at radius 1 is 1.65 bits per heavy atom. The summed E-state index contributed by atoms with van der Waals surface area (Å²) in [7, 11) is 0. The Morgan fingerprint density at radius 2 is 2.35 bits per heavy atom. The van der Waals surface area contributed by atoms with Crippen LogP contribution in [0.5, 0.6) is 0 Å². The number of allylic oxidation sites excluding steroid dienone is 1. The van der Waals surface area contributed by atoms with Gasteiger partial charge in [-0.15, -0.1) is 6.58 Å². The molecule has 92 valence electrons. The van der Waals surface area contributed by atoms with Crippen molar-refractivity contribution in [3.05, 3.63) is 28.7 Å². The van der Waals surface area contributed by atoms with E-state index in [1.54, 1.807) is 19.3 Å². The average Bonchev–Trinajstić information content (AvgIpc) is 2.31. The first-order valence-corrected chi connectivity index (χ1v) is 6.17. The van der Waals surface area contributed by atoms with Crippen molar-refractivity contribution < 1.29 is 9.53 Å². The van der Waals surface area contributed by atoms with Crippen LogP contribution in [0, 0.1) is 0 Å². The van der Waals surface area contributed by atoms with Gasteiger partial charge in [-0.2, -0.15) is 10.1 Å². The predicted octanol–water partition coefficient (Wildman–Crippen LogP) is 0.723. The highest BCUT2D eigenvalue weighted by Crippen LogP contribution is 2.08. The van der Waals surface area contributed by atoms with Gasteiger partial charge in [0.2, 0.25) is 5.69 Å². The van der Waals surface area contributed by atoms with Gasteiger partial charge in [-0.3, -0.25) is 4.79 Å². The Hall–Kier alpha value is -1.63. The SMILES string of the molecule is C=CCn1nc(C(=O)OCC)c(=O)nc1SC. The molecule has 0 fully saturated rings. The van der Waals surface area contributed by atoms with E-state index < -0.39 is 11.5 Å². The molecular weight excluding hydrogens is 242 g/mol. The third-order valence-electron chi connectivity index (χ3n) is 1.79. The Labute approximate surface area is 103 Å². The lowest BCUT2D eigenvalue weighted by Crippen LogP contribution is -2.27. The summed E-state index contributed by atoms with van der Waals surface area (Å²) < 4.78 is 6.16. The number of hydrogen-bond donors (Lipinski definition) is 0. The van der Waals surface area contributed by atoms with Crippen LogP contribution in [0.2, 0.25) is 0 Å². The molecule has 1 rings (SSSR count). The first-order valence-electron chi connectivity index (χ1n) is 4.95. The Balaban J connectivity index is 3.23. The van der Waals surface area contributed by atoms with E-state index in [-0.39, 0.29) is 12.3 Å². The van der Waals surface area contributed by atoms with Crippen molar-refractivity contribution in [1.82, 2.24) is 14.8 Å². The molecule has 0 amide bonds. The van der Waals surface area contributed by atoms with E-state index in [0.29, 0.717) is 11.7 Å². The minimum absolute atomic E-state index is 0.186. The van der Waals surface area contributed by atoms with Gasteiger partial charge in [0, 0.05) is 0 Å². The van der Waals surface area contributed by atoms with Crippen molar-refractivity contribution in [1.29, 1.82) is 0 Å². The van der Waals surface area contributed by atoms with Gasteiger partial charge in [0.15, 0.2) is 5.16 Å². The summed E-state index contributed by atoms with van der Waals surface area (Å²) in [5, 5.41) is 4.36. The fraction of sp³-hybridized carbons (Fsp3) is 0.400. The second-order valence-corrected chi connectivity index (χ2v) is 3.72. The monoisotopic (exact) mass is 255 g/mol. The van der Waals surface area contributed by atoms with E-state index >= 15 is 0 Å². The molecule has 0 bridgehead atoms. The highest BCUT2D eigenvalue weighted by Gasteiger charge is 2.17. The molecule has 1 aromatic rings. The molecule has 0 aliphatic rings. The standard InChI is InChI=1S/C10H13N3O3S/c1-4-6-13-10(17-3)11-8(14)7(12-13)9(15)16-5-2/h4H,1,5-6H2,2-3H3. The minimum atomic E-state index is -0.754. The number of thioether (sulfide) groups is 1. The van der Waals surface area contributed by atoms with Crippen LogP contribution < -0.4 is 5.56 Å². The van der Waals surface area contributed by atoms with Crippen molar-refractivity contribution in [2.75, 3.05) is 12.9 Å². The van der Waals surface area contributed by atoms with Gasteiger partial charge in [-0.05, 0) is 13.2 Å². The topological polar surface area (TPSA) is 74.1 Å². The van der Waals surface area contributed by atoms with Crippen molar-refractivity contribution in [3.63, 3.8) is 0 Å². The summed E-state index contributed by atoms with van der Waals surface area (Å²) >= 11 is 1.27. The molecule has 1 aromatic heterocycles. The number of nitrogens with zero attached hydrogens (tertiary/aromatic N) is 3. The van der Waals surface area contributed by atoms with Crippen molar-refractivity contribution in [2.24, 2.45) is 0 Å². The van der Waals surface area contributed by atoms with Gasteiger partial charge in [0.1, 0.15) is 0 Å². The molecule has 0 spiro atoms. The molecule has 0 N–H and O–H groups in total. The lowest BCUT2D eigenvalue weighted by Gasteiger charge is -2.08. The average molecular weight is 255 g/mol. The Morgan fingerprint density at radius 3 is 2.88 bits per heavy atom.